The third-order valence-electron chi connectivity index (χ3n) is 3.22. The lowest BCUT2D eigenvalue weighted by Crippen LogP contribution is -2.39. The highest BCUT2D eigenvalue weighted by Gasteiger charge is 2.19. The molecule has 0 saturated carbocycles. The van der Waals surface area contributed by atoms with Crippen LogP contribution in [0.1, 0.15) is 40.5 Å². The van der Waals surface area contributed by atoms with Crippen molar-refractivity contribution in [2.24, 2.45) is 0 Å². The molecule has 0 aliphatic carbocycles. The van der Waals surface area contributed by atoms with Gasteiger partial charge in [0.25, 0.3) is 0 Å². The van der Waals surface area contributed by atoms with Crippen LogP contribution in [0.5, 0.6) is 0 Å². The van der Waals surface area contributed by atoms with Gasteiger partial charge in [-0.05, 0) is 33.2 Å². The minimum Gasteiger partial charge on any atom is -0.377 e. The van der Waals surface area contributed by atoms with Crippen LogP contribution in [0.15, 0.2) is 0 Å². The molecule has 1 N–H and O–H groups in total. The van der Waals surface area contributed by atoms with Crippen LogP contribution in [0, 0.1) is 0 Å². The Kier molecular flexibility index (Phi) is 6.32. The molecule has 0 spiro atoms. The third kappa shape index (κ3) is 5.28. The van der Waals surface area contributed by atoms with Crippen molar-refractivity contribution in [2.75, 3.05) is 26.2 Å². The van der Waals surface area contributed by atoms with Crippen LogP contribution >= 0.6 is 0 Å². The lowest BCUT2D eigenvalue weighted by atomic mass is 10.1. The van der Waals surface area contributed by atoms with Crippen molar-refractivity contribution in [3.05, 3.63) is 0 Å². The average Bonchev–Trinajstić information content (AvgIpc) is 2.42. The van der Waals surface area contributed by atoms with Crippen molar-refractivity contribution < 1.29 is 4.74 Å². The SMILES string of the molecule is CC(C)NCCC(C)N1CCCOC(C)C1. The quantitative estimate of drug-likeness (QED) is 0.777. The molecule has 2 atom stereocenters. The van der Waals surface area contributed by atoms with Crippen LogP contribution in [-0.4, -0.2) is 49.3 Å². The Morgan fingerprint density at radius 2 is 2.12 bits per heavy atom. The lowest BCUT2D eigenvalue weighted by Gasteiger charge is -2.29. The van der Waals surface area contributed by atoms with E-state index in [0.717, 1.165) is 19.7 Å². The molecule has 0 aromatic carbocycles. The van der Waals surface area contributed by atoms with Crippen LogP contribution in [-0.2, 0) is 4.74 Å². The molecule has 3 nitrogen and oxygen atoms in total. The van der Waals surface area contributed by atoms with Crippen molar-refractivity contribution in [1.29, 1.82) is 0 Å². The average molecular weight is 228 g/mol. The molecule has 1 aliphatic rings. The molecule has 1 heterocycles. The van der Waals surface area contributed by atoms with E-state index in [-0.39, 0.29) is 0 Å². The molecular formula is C13H28N2O. The number of hydrogen-bond donors (Lipinski definition) is 1. The van der Waals surface area contributed by atoms with E-state index in [1.807, 2.05) is 0 Å². The van der Waals surface area contributed by atoms with Gasteiger partial charge in [-0.25, -0.2) is 0 Å². The number of hydrogen-bond acceptors (Lipinski definition) is 3. The first-order valence-corrected chi connectivity index (χ1v) is 6.68. The van der Waals surface area contributed by atoms with Crippen molar-refractivity contribution in [1.82, 2.24) is 10.2 Å². The van der Waals surface area contributed by atoms with Crippen LogP contribution < -0.4 is 5.32 Å². The smallest absolute Gasteiger partial charge is 0.0673 e. The van der Waals surface area contributed by atoms with E-state index in [2.05, 4.69) is 37.9 Å². The maximum absolute atomic E-state index is 5.67. The molecule has 16 heavy (non-hydrogen) atoms. The topological polar surface area (TPSA) is 24.5 Å². The van der Waals surface area contributed by atoms with E-state index in [1.54, 1.807) is 0 Å². The molecule has 1 fully saturated rings. The fourth-order valence-electron chi connectivity index (χ4n) is 2.19. The summed E-state index contributed by atoms with van der Waals surface area (Å²) < 4.78 is 5.67. The third-order valence-corrected chi connectivity index (χ3v) is 3.22. The Hall–Kier alpha value is -0.120. The van der Waals surface area contributed by atoms with Crippen molar-refractivity contribution in [3.8, 4) is 0 Å². The van der Waals surface area contributed by atoms with E-state index >= 15 is 0 Å². The first-order valence-electron chi connectivity index (χ1n) is 6.68. The Bertz CT molecular complexity index is 185. The zero-order valence-corrected chi connectivity index (χ0v) is 11.3. The second-order valence-electron chi connectivity index (χ2n) is 5.28. The van der Waals surface area contributed by atoms with Gasteiger partial charge in [-0.3, -0.25) is 4.90 Å². The number of rotatable bonds is 5. The van der Waals surface area contributed by atoms with Gasteiger partial charge in [-0.15, -0.1) is 0 Å². The maximum atomic E-state index is 5.67. The van der Waals surface area contributed by atoms with E-state index in [1.165, 1.54) is 19.4 Å². The highest BCUT2D eigenvalue weighted by atomic mass is 16.5. The molecule has 96 valence electrons. The summed E-state index contributed by atoms with van der Waals surface area (Å²) in [5.74, 6) is 0. The molecule has 0 aromatic heterocycles. The summed E-state index contributed by atoms with van der Waals surface area (Å²) in [6.45, 7) is 13.2. The fourth-order valence-corrected chi connectivity index (χ4v) is 2.19. The molecule has 3 heteroatoms. The number of nitrogens with one attached hydrogen (secondary N) is 1. The Balaban J connectivity index is 2.25. The fraction of sp³-hybridized carbons (Fsp3) is 1.00. The molecule has 0 bridgehead atoms. The molecule has 0 aromatic rings. The number of ether oxygens (including phenoxy) is 1. The van der Waals surface area contributed by atoms with Gasteiger partial charge in [-0.1, -0.05) is 13.8 Å². The first-order chi connectivity index (χ1) is 7.59. The van der Waals surface area contributed by atoms with Gasteiger partial charge in [0, 0.05) is 31.8 Å². The molecule has 1 aliphatic heterocycles. The second-order valence-corrected chi connectivity index (χ2v) is 5.28. The van der Waals surface area contributed by atoms with E-state index < -0.39 is 0 Å². The van der Waals surface area contributed by atoms with Crippen molar-refractivity contribution in [2.45, 2.75) is 58.7 Å². The highest BCUT2D eigenvalue weighted by molar-refractivity contribution is 4.73. The van der Waals surface area contributed by atoms with E-state index in [9.17, 15) is 0 Å². The van der Waals surface area contributed by atoms with Crippen molar-refractivity contribution >= 4 is 0 Å². The summed E-state index contributed by atoms with van der Waals surface area (Å²) in [6, 6.07) is 1.26. The van der Waals surface area contributed by atoms with Gasteiger partial charge in [0.1, 0.15) is 0 Å². The standard InChI is InChI=1S/C13H28N2O/c1-11(2)14-7-6-12(3)15-8-5-9-16-13(4)10-15/h11-14H,5-10H2,1-4H3. The predicted molar refractivity (Wildman–Crippen MR) is 68.8 cm³/mol. The van der Waals surface area contributed by atoms with E-state index in [0.29, 0.717) is 18.2 Å². The Morgan fingerprint density at radius 3 is 2.81 bits per heavy atom. The van der Waals surface area contributed by atoms with Gasteiger partial charge in [0.15, 0.2) is 0 Å². The van der Waals surface area contributed by atoms with Crippen LogP contribution in [0.4, 0.5) is 0 Å². The molecular weight excluding hydrogens is 200 g/mol. The van der Waals surface area contributed by atoms with Gasteiger partial charge < -0.3 is 10.1 Å². The molecule has 1 saturated heterocycles. The Morgan fingerprint density at radius 1 is 1.38 bits per heavy atom. The molecule has 0 amide bonds. The number of nitrogens with zero attached hydrogens (tertiary/aromatic N) is 1. The molecule has 0 radical (unpaired) electrons. The first kappa shape index (κ1) is 13.9. The summed E-state index contributed by atoms with van der Waals surface area (Å²) in [7, 11) is 0. The summed E-state index contributed by atoms with van der Waals surface area (Å²) in [4.78, 5) is 2.57. The van der Waals surface area contributed by atoms with Crippen molar-refractivity contribution in [3.63, 3.8) is 0 Å². The van der Waals surface area contributed by atoms with E-state index in [4.69, 9.17) is 4.74 Å². The largest absolute Gasteiger partial charge is 0.377 e. The molecule has 2 unspecified atom stereocenters. The predicted octanol–water partition coefficient (Wildman–Crippen LogP) is 1.87. The Labute approximate surface area is 101 Å². The van der Waals surface area contributed by atoms with Gasteiger partial charge >= 0.3 is 0 Å². The van der Waals surface area contributed by atoms with Crippen LogP contribution in [0.3, 0.4) is 0 Å². The summed E-state index contributed by atoms with van der Waals surface area (Å²) >= 11 is 0. The van der Waals surface area contributed by atoms with Gasteiger partial charge in [-0.2, -0.15) is 0 Å². The van der Waals surface area contributed by atoms with Crippen LogP contribution in [0.25, 0.3) is 0 Å². The normalized spacial score (nSPS) is 25.7. The van der Waals surface area contributed by atoms with Gasteiger partial charge in [0.05, 0.1) is 6.10 Å². The minimum absolute atomic E-state index is 0.392. The van der Waals surface area contributed by atoms with Gasteiger partial charge in [0.2, 0.25) is 0 Å². The highest BCUT2D eigenvalue weighted by Crippen LogP contribution is 2.11. The second kappa shape index (κ2) is 7.25. The lowest BCUT2D eigenvalue weighted by molar-refractivity contribution is 0.0613. The zero-order valence-electron chi connectivity index (χ0n) is 11.3. The maximum Gasteiger partial charge on any atom is 0.0673 e. The summed E-state index contributed by atoms with van der Waals surface area (Å²) in [5, 5.41) is 3.48. The summed E-state index contributed by atoms with van der Waals surface area (Å²) in [6.07, 6.45) is 2.79. The monoisotopic (exact) mass is 228 g/mol. The zero-order chi connectivity index (χ0) is 12.0. The minimum atomic E-state index is 0.392. The molecule has 1 rings (SSSR count). The van der Waals surface area contributed by atoms with Crippen LogP contribution in [0.2, 0.25) is 0 Å². The summed E-state index contributed by atoms with van der Waals surface area (Å²) in [5.41, 5.74) is 0.